The molecule has 1 fully saturated rings. The van der Waals surface area contributed by atoms with E-state index in [2.05, 4.69) is 35.5 Å². The van der Waals surface area contributed by atoms with Crippen LogP contribution < -0.4 is 0 Å². The number of aromatic nitrogens is 3. The van der Waals surface area contributed by atoms with Gasteiger partial charge in [-0.25, -0.2) is 0 Å². The maximum absolute atomic E-state index is 10.7. The first-order valence-electron chi connectivity index (χ1n) is 6.70. The van der Waals surface area contributed by atoms with Crippen LogP contribution in [0.1, 0.15) is 51.8 Å². The predicted molar refractivity (Wildman–Crippen MR) is 74.4 cm³/mol. The topological polar surface area (TPSA) is 68.0 Å². The number of nitrogens with zero attached hydrogens (tertiary/aromatic N) is 3. The maximum Gasteiger partial charge on any atom is 0.313 e. The van der Waals surface area contributed by atoms with Crippen molar-refractivity contribution in [3.8, 4) is 0 Å². The SMILES string of the molecule is CCC(C)(C)Cn1c(SCC(=O)O)nnc1C1CC1. The van der Waals surface area contributed by atoms with E-state index in [1.54, 1.807) is 0 Å². The molecule has 1 aliphatic carbocycles. The molecule has 1 heterocycles. The van der Waals surface area contributed by atoms with Crippen molar-refractivity contribution < 1.29 is 9.90 Å². The Balaban J connectivity index is 2.20. The quantitative estimate of drug-likeness (QED) is 0.779. The summed E-state index contributed by atoms with van der Waals surface area (Å²) in [6.45, 7) is 7.46. The Morgan fingerprint density at radius 2 is 2.16 bits per heavy atom. The average molecular weight is 283 g/mol. The first-order chi connectivity index (χ1) is 8.93. The number of carbonyl (C=O) groups is 1. The molecular formula is C13H21N3O2S. The fraction of sp³-hybridized carbons (Fsp3) is 0.769. The van der Waals surface area contributed by atoms with E-state index < -0.39 is 5.97 Å². The highest BCUT2D eigenvalue weighted by molar-refractivity contribution is 7.99. The molecular weight excluding hydrogens is 262 g/mol. The molecule has 1 aromatic rings. The average Bonchev–Trinajstić information content (AvgIpc) is 3.10. The lowest BCUT2D eigenvalue weighted by Crippen LogP contribution is -2.21. The van der Waals surface area contributed by atoms with Gasteiger partial charge in [-0.05, 0) is 24.7 Å². The third-order valence-corrected chi connectivity index (χ3v) is 4.51. The Morgan fingerprint density at radius 1 is 1.47 bits per heavy atom. The summed E-state index contributed by atoms with van der Waals surface area (Å²) in [4.78, 5) is 10.7. The molecule has 19 heavy (non-hydrogen) atoms. The summed E-state index contributed by atoms with van der Waals surface area (Å²) >= 11 is 1.26. The molecule has 2 rings (SSSR count). The van der Waals surface area contributed by atoms with Crippen LogP contribution in [0.15, 0.2) is 5.16 Å². The maximum atomic E-state index is 10.7. The van der Waals surface area contributed by atoms with Crippen molar-refractivity contribution in [2.75, 3.05) is 5.75 Å². The van der Waals surface area contributed by atoms with E-state index in [0.717, 1.165) is 23.9 Å². The monoisotopic (exact) mass is 283 g/mol. The molecule has 0 aromatic carbocycles. The second-order valence-corrected chi connectivity index (χ2v) is 6.84. The second kappa shape index (κ2) is 5.53. The summed E-state index contributed by atoms with van der Waals surface area (Å²) in [5.41, 5.74) is 0.171. The van der Waals surface area contributed by atoms with E-state index in [1.807, 2.05) is 0 Å². The van der Waals surface area contributed by atoms with Crippen LogP contribution in [0.25, 0.3) is 0 Å². The largest absolute Gasteiger partial charge is 0.481 e. The molecule has 0 atom stereocenters. The van der Waals surface area contributed by atoms with Gasteiger partial charge in [0.2, 0.25) is 0 Å². The van der Waals surface area contributed by atoms with Gasteiger partial charge in [-0.15, -0.1) is 10.2 Å². The van der Waals surface area contributed by atoms with Crippen molar-refractivity contribution in [3.05, 3.63) is 5.82 Å². The van der Waals surface area contributed by atoms with E-state index in [1.165, 1.54) is 24.6 Å². The standard InChI is InChI=1S/C13H21N3O2S/c1-4-13(2,3)8-16-11(9-5-6-9)14-15-12(16)19-7-10(17)18/h9H,4-8H2,1-3H3,(H,17,18). The van der Waals surface area contributed by atoms with E-state index in [0.29, 0.717) is 5.92 Å². The zero-order chi connectivity index (χ0) is 14.0. The highest BCUT2D eigenvalue weighted by Crippen LogP contribution is 2.41. The Morgan fingerprint density at radius 3 is 2.68 bits per heavy atom. The minimum Gasteiger partial charge on any atom is -0.481 e. The van der Waals surface area contributed by atoms with Crippen molar-refractivity contribution in [2.24, 2.45) is 5.41 Å². The van der Waals surface area contributed by atoms with Gasteiger partial charge >= 0.3 is 5.97 Å². The van der Waals surface area contributed by atoms with Crippen LogP contribution in [0.2, 0.25) is 0 Å². The summed E-state index contributed by atoms with van der Waals surface area (Å²) in [6.07, 6.45) is 3.42. The summed E-state index contributed by atoms with van der Waals surface area (Å²) in [5, 5.41) is 18.0. The van der Waals surface area contributed by atoms with E-state index in [9.17, 15) is 4.79 Å². The molecule has 0 radical (unpaired) electrons. The molecule has 6 heteroatoms. The third-order valence-electron chi connectivity index (χ3n) is 3.56. The Hall–Kier alpha value is -1.04. The molecule has 1 N–H and O–H groups in total. The predicted octanol–water partition coefficient (Wildman–Crippen LogP) is 2.77. The van der Waals surface area contributed by atoms with E-state index in [4.69, 9.17) is 5.11 Å². The molecule has 0 amide bonds. The van der Waals surface area contributed by atoms with Gasteiger partial charge < -0.3 is 9.67 Å². The lowest BCUT2D eigenvalue weighted by molar-refractivity contribution is -0.133. The van der Waals surface area contributed by atoms with Crippen LogP contribution in [0, 0.1) is 5.41 Å². The first kappa shape index (κ1) is 14.4. The lowest BCUT2D eigenvalue weighted by Gasteiger charge is -2.24. The van der Waals surface area contributed by atoms with Gasteiger partial charge in [-0.2, -0.15) is 0 Å². The summed E-state index contributed by atoms with van der Waals surface area (Å²) in [7, 11) is 0. The van der Waals surface area contributed by atoms with Crippen LogP contribution in [-0.2, 0) is 11.3 Å². The molecule has 1 aliphatic rings. The van der Waals surface area contributed by atoms with Crippen LogP contribution in [0.4, 0.5) is 0 Å². The molecule has 5 nitrogen and oxygen atoms in total. The fourth-order valence-corrected chi connectivity index (χ4v) is 2.53. The number of rotatable bonds is 7. The van der Waals surface area contributed by atoms with Gasteiger partial charge in [0, 0.05) is 12.5 Å². The number of aliphatic carboxylic acids is 1. The highest BCUT2D eigenvalue weighted by atomic mass is 32.2. The van der Waals surface area contributed by atoms with Crippen LogP contribution in [0.5, 0.6) is 0 Å². The minimum absolute atomic E-state index is 0.0371. The van der Waals surface area contributed by atoms with Crippen molar-refractivity contribution in [1.82, 2.24) is 14.8 Å². The van der Waals surface area contributed by atoms with E-state index >= 15 is 0 Å². The van der Waals surface area contributed by atoms with Crippen molar-refractivity contribution in [1.29, 1.82) is 0 Å². The van der Waals surface area contributed by atoms with Gasteiger partial charge in [0.1, 0.15) is 5.82 Å². The number of hydrogen-bond acceptors (Lipinski definition) is 4. The fourth-order valence-electron chi connectivity index (χ4n) is 1.87. The number of carboxylic acid groups (broad SMARTS) is 1. The molecule has 106 valence electrons. The molecule has 1 aromatic heterocycles. The summed E-state index contributed by atoms with van der Waals surface area (Å²) in [5.74, 6) is 0.783. The van der Waals surface area contributed by atoms with Gasteiger partial charge in [-0.3, -0.25) is 4.79 Å². The Bertz CT molecular complexity index is 466. The van der Waals surface area contributed by atoms with Crippen molar-refractivity contribution >= 4 is 17.7 Å². The van der Waals surface area contributed by atoms with Crippen LogP contribution in [-0.4, -0.2) is 31.6 Å². The highest BCUT2D eigenvalue weighted by Gasteiger charge is 2.32. The zero-order valence-electron chi connectivity index (χ0n) is 11.7. The van der Waals surface area contributed by atoms with Crippen LogP contribution >= 0.6 is 11.8 Å². The van der Waals surface area contributed by atoms with Crippen molar-refractivity contribution in [3.63, 3.8) is 0 Å². The zero-order valence-corrected chi connectivity index (χ0v) is 12.5. The smallest absolute Gasteiger partial charge is 0.313 e. The van der Waals surface area contributed by atoms with Gasteiger partial charge in [0.25, 0.3) is 0 Å². The summed E-state index contributed by atoms with van der Waals surface area (Å²) < 4.78 is 2.13. The van der Waals surface area contributed by atoms with Crippen molar-refractivity contribution in [2.45, 2.75) is 57.7 Å². The van der Waals surface area contributed by atoms with Gasteiger partial charge in [0.15, 0.2) is 5.16 Å². The molecule has 1 saturated carbocycles. The molecule has 0 spiro atoms. The molecule has 0 bridgehead atoms. The number of hydrogen-bond donors (Lipinski definition) is 1. The summed E-state index contributed by atoms with van der Waals surface area (Å²) in [6, 6.07) is 0. The Labute approximate surface area is 117 Å². The van der Waals surface area contributed by atoms with Gasteiger partial charge in [-0.1, -0.05) is 32.5 Å². The van der Waals surface area contributed by atoms with Crippen LogP contribution in [0.3, 0.4) is 0 Å². The normalized spacial score (nSPS) is 15.7. The van der Waals surface area contributed by atoms with E-state index in [-0.39, 0.29) is 11.2 Å². The second-order valence-electron chi connectivity index (χ2n) is 5.90. The number of thioether (sulfide) groups is 1. The van der Waals surface area contributed by atoms with Gasteiger partial charge in [0.05, 0.1) is 5.75 Å². The minimum atomic E-state index is -0.817. The molecule has 0 aliphatic heterocycles. The molecule has 0 unspecified atom stereocenters. The first-order valence-corrected chi connectivity index (χ1v) is 7.69. The third kappa shape index (κ3) is 3.72. The lowest BCUT2D eigenvalue weighted by atomic mass is 9.90. The Kier molecular flexibility index (Phi) is 4.18. The molecule has 0 saturated heterocycles. The number of carboxylic acids is 1.